The number of nitrogens with zero attached hydrogens (tertiary/aromatic N) is 1. The number of nitrogens with two attached hydrogens (primary N) is 1. The fraction of sp³-hybridized carbons (Fsp3) is 0.686. The van der Waals surface area contributed by atoms with Crippen molar-refractivity contribution in [2.24, 2.45) is 5.73 Å². The molecule has 0 aromatic carbocycles. The van der Waals surface area contributed by atoms with Gasteiger partial charge in [0.1, 0.15) is 6.04 Å². The number of carbonyl (C=O) groups is 6. The molecule has 0 aromatic rings. The van der Waals surface area contributed by atoms with Gasteiger partial charge in [-0.2, -0.15) is 0 Å². The molecule has 0 bridgehead atoms. The molecule has 1 atom stereocenters. The van der Waals surface area contributed by atoms with Gasteiger partial charge in [-0.25, -0.2) is 4.79 Å². The highest BCUT2D eigenvalue weighted by Gasteiger charge is 2.25. The average molecular weight is 803 g/mol. The first-order valence-corrected chi connectivity index (χ1v) is 18.2. The number of ether oxygens (including phenoxy) is 8. The Balaban J connectivity index is 1.80. The molecule has 5 amide bonds. The van der Waals surface area contributed by atoms with Crippen molar-refractivity contribution in [2.75, 3.05) is 125 Å². The van der Waals surface area contributed by atoms with E-state index in [0.717, 1.165) is 4.90 Å². The number of imide groups is 1. The summed E-state index contributed by atoms with van der Waals surface area (Å²) in [7, 11) is 0. The Hall–Kier alpha value is -4.35. The minimum atomic E-state index is -1.40. The smallest absolute Gasteiger partial charge is 0.328 e. The minimum absolute atomic E-state index is 0.0192. The second kappa shape index (κ2) is 31.8. The van der Waals surface area contributed by atoms with Gasteiger partial charge in [0.25, 0.3) is 17.7 Å². The summed E-state index contributed by atoms with van der Waals surface area (Å²) >= 11 is 0. The zero-order valence-electron chi connectivity index (χ0n) is 32.3. The molecule has 1 aliphatic heterocycles. The molecule has 0 saturated heterocycles. The molecule has 56 heavy (non-hydrogen) atoms. The van der Waals surface area contributed by atoms with Crippen LogP contribution in [0.3, 0.4) is 0 Å². The van der Waals surface area contributed by atoms with Crippen molar-refractivity contribution < 1.29 is 71.8 Å². The Labute approximate surface area is 326 Å². The van der Waals surface area contributed by atoms with Crippen molar-refractivity contribution in [3.8, 4) is 0 Å². The van der Waals surface area contributed by atoms with Crippen molar-refractivity contribution in [3.63, 3.8) is 0 Å². The first kappa shape index (κ1) is 49.7. The molecular formula is C35H58N6O15. The molecule has 0 unspecified atom stereocenters. The molecular weight excluding hydrogens is 744 g/mol. The van der Waals surface area contributed by atoms with Gasteiger partial charge in [-0.1, -0.05) is 0 Å². The van der Waals surface area contributed by atoms with E-state index >= 15 is 0 Å². The van der Waals surface area contributed by atoms with Crippen LogP contribution in [0.2, 0.25) is 0 Å². The Bertz CT molecular complexity index is 1270. The predicted molar refractivity (Wildman–Crippen MR) is 198 cm³/mol. The first-order chi connectivity index (χ1) is 26.9. The lowest BCUT2D eigenvalue weighted by atomic mass is 10.1. The van der Waals surface area contributed by atoms with E-state index < -0.39 is 35.6 Å². The lowest BCUT2D eigenvalue weighted by molar-refractivity contribution is -0.141. The van der Waals surface area contributed by atoms with Gasteiger partial charge in [-0.3, -0.25) is 28.9 Å². The topological polar surface area (TPSA) is 286 Å². The molecule has 0 aromatic heterocycles. The van der Waals surface area contributed by atoms with Crippen molar-refractivity contribution in [1.82, 2.24) is 20.9 Å². The molecule has 0 fully saturated rings. The molecule has 1 aliphatic rings. The van der Waals surface area contributed by atoms with E-state index in [4.69, 9.17) is 49.0 Å². The third-order valence-corrected chi connectivity index (χ3v) is 7.21. The van der Waals surface area contributed by atoms with Crippen LogP contribution in [0.15, 0.2) is 23.4 Å². The third kappa shape index (κ3) is 24.9. The van der Waals surface area contributed by atoms with E-state index in [9.17, 15) is 33.9 Å². The number of nitrogens with one attached hydrogen (secondary N) is 4. The summed E-state index contributed by atoms with van der Waals surface area (Å²) in [5.41, 5.74) is 5.45. The summed E-state index contributed by atoms with van der Waals surface area (Å²) in [4.78, 5) is 71.5. The molecule has 0 radical (unpaired) electrons. The van der Waals surface area contributed by atoms with Gasteiger partial charge in [-0.15, -0.1) is 0 Å². The predicted octanol–water partition coefficient (Wildman–Crippen LogP) is -2.10. The van der Waals surface area contributed by atoms with Crippen LogP contribution in [0.4, 0.5) is 0 Å². The normalized spacial score (nSPS) is 13.4. The van der Waals surface area contributed by atoms with E-state index in [-0.39, 0.29) is 62.0 Å². The number of allylic oxidation sites excluding steroid dienone is 1. The van der Waals surface area contributed by atoms with Gasteiger partial charge in [0.2, 0.25) is 11.8 Å². The number of hydrogen-bond acceptors (Lipinski definition) is 16. The molecule has 21 nitrogen and oxygen atoms in total. The molecule has 318 valence electrons. The Kier molecular flexibility index (Phi) is 28.2. The quantitative estimate of drug-likeness (QED) is 0.0171. The van der Waals surface area contributed by atoms with Crippen molar-refractivity contribution >= 4 is 41.2 Å². The van der Waals surface area contributed by atoms with Crippen LogP contribution in [0.5, 0.6) is 0 Å². The first-order valence-electron chi connectivity index (χ1n) is 18.2. The van der Waals surface area contributed by atoms with Gasteiger partial charge >= 0.3 is 5.97 Å². The Morgan fingerprint density at radius 3 is 1.45 bits per heavy atom. The highest BCUT2D eigenvalue weighted by Crippen LogP contribution is 2.04. The highest BCUT2D eigenvalue weighted by atomic mass is 16.6. The van der Waals surface area contributed by atoms with Crippen molar-refractivity contribution in [1.29, 1.82) is 5.41 Å². The highest BCUT2D eigenvalue weighted by molar-refractivity contribution is 6.20. The fourth-order valence-electron chi connectivity index (χ4n) is 4.40. The second-order valence-electron chi connectivity index (χ2n) is 11.8. The van der Waals surface area contributed by atoms with Crippen LogP contribution < -0.4 is 21.7 Å². The number of amides is 5. The van der Waals surface area contributed by atoms with Crippen LogP contribution >= 0.6 is 0 Å². The number of hydrogen-bond donors (Lipinski definition) is 6. The molecule has 0 spiro atoms. The maximum absolute atomic E-state index is 12.3. The summed E-state index contributed by atoms with van der Waals surface area (Å²) in [5, 5.41) is 24.3. The van der Waals surface area contributed by atoms with Crippen LogP contribution in [-0.2, 0) is 66.7 Å². The summed E-state index contributed by atoms with van der Waals surface area (Å²) in [5.74, 6) is -3.72. The van der Waals surface area contributed by atoms with Gasteiger partial charge in [-0.05, 0) is 13.8 Å². The van der Waals surface area contributed by atoms with E-state index in [1.54, 1.807) is 0 Å². The van der Waals surface area contributed by atoms with E-state index in [1.807, 2.05) is 0 Å². The summed E-state index contributed by atoms with van der Waals surface area (Å²) in [6.45, 7) is 8.45. The zero-order valence-corrected chi connectivity index (χ0v) is 32.3. The Morgan fingerprint density at radius 2 is 1.05 bits per heavy atom. The van der Waals surface area contributed by atoms with Gasteiger partial charge in [0.05, 0.1) is 111 Å². The third-order valence-electron chi connectivity index (χ3n) is 7.21. The van der Waals surface area contributed by atoms with Gasteiger partial charge in [0, 0.05) is 56.0 Å². The van der Waals surface area contributed by atoms with E-state index in [1.165, 1.54) is 26.0 Å². The van der Waals surface area contributed by atoms with E-state index in [0.29, 0.717) is 99.0 Å². The van der Waals surface area contributed by atoms with E-state index in [2.05, 4.69) is 16.0 Å². The van der Waals surface area contributed by atoms with Gasteiger partial charge < -0.3 is 70.1 Å². The second-order valence-corrected chi connectivity index (χ2v) is 11.8. The minimum Gasteiger partial charge on any atom is -0.480 e. The number of aliphatic carboxylic acids is 1. The van der Waals surface area contributed by atoms with Crippen LogP contribution in [0.1, 0.15) is 26.7 Å². The summed E-state index contributed by atoms with van der Waals surface area (Å²) in [6, 6.07) is -1.40. The molecule has 21 heteroatoms. The van der Waals surface area contributed by atoms with Crippen molar-refractivity contribution in [3.05, 3.63) is 23.4 Å². The van der Waals surface area contributed by atoms with Crippen LogP contribution in [-0.4, -0.2) is 183 Å². The monoisotopic (exact) mass is 802 g/mol. The lowest BCUT2D eigenvalue weighted by Crippen LogP contribution is -2.49. The standard InChI is InChI=1S/C35H58N6O15/c1-26(36)33(27(2)37)34(46)40-28(35(47)48)25-39-30(43)6-9-49-11-13-51-15-17-53-19-21-55-23-24-56-22-20-54-18-16-52-14-12-50-10-7-38-29(42)5-8-41-31(44)3-4-32(41)45/h3-4,28,36H,5-25,37H2,1-2H3,(H,38,42)(H,39,43)(H,40,46)(H,47,48)/b33-27+,36-26?/t28-/m0/s1. The number of carbonyl (C=O) groups excluding carboxylic acids is 5. The number of carboxylic acids is 1. The molecule has 0 saturated carbocycles. The summed E-state index contributed by atoms with van der Waals surface area (Å²) in [6.07, 6.45) is 2.38. The average Bonchev–Trinajstić information content (AvgIpc) is 3.47. The number of rotatable bonds is 36. The fourth-order valence-corrected chi connectivity index (χ4v) is 4.40. The Morgan fingerprint density at radius 1 is 0.661 bits per heavy atom. The zero-order chi connectivity index (χ0) is 41.4. The lowest BCUT2D eigenvalue weighted by Gasteiger charge is -2.17. The summed E-state index contributed by atoms with van der Waals surface area (Å²) < 4.78 is 43.3. The SMILES string of the molecule is CC(=N)/C(C(=O)N[C@@H](CNC(=O)CCOCCOCCOCCOCCOCCOCCOCCOCCNC(=O)CCN1C(=O)C=CC1=O)C(=O)O)=C(/C)N. The van der Waals surface area contributed by atoms with Crippen LogP contribution in [0, 0.1) is 5.41 Å². The maximum Gasteiger partial charge on any atom is 0.328 e. The maximum atomic E-state index is 12.3. The molecule has 7 N–H and O–H groups in total. The van der Waals surface area contributed by atoms with Gasteiger partial charge in [0.15, 0.2) is 0 Å². The molecule has 1 rings (SSSR count). The van der Waals surface area contributed by atoms with Crippen LogP contribution in [0.25, 0.3) is 0 Å². The molecule has 0 aliphatic carbocycles. The van der Waals surface area contributed by atoms with Crippen molar-refractivity contribution in [2.45, 2.75) is 32.7 Å². The molecule has 1 heterocycles. The number of carboxylic acid groups (broad SMARTS) is 1. The largest absolute Gasteiger partial charge is 0.480 e.